The van der Waals surface area contributed by atoms with Crippen molar-refractivity contribution >= 4 is 23.8 Å². The first kappa shape index (κ1) is 18.2. The lowest BCUT2D eigenvalue weighted by Crippen LogP contribution is -2.45. The van der Waals surface area contributed by atoms with Gasteiger partial charge in [-0.1, -0.05) is 0 Å². The van der Waals surface area contributed by atoms with Gasteiger partial charge in [-0.25, -0.2) is 4.79 Å². The van der Waals surface area contributed by atoms with Crippen molar-refractivity contribution in [3.8, 4) is 0 Å². The topological polar surface area (TPSA) is 71.2 Å². The highest BCUT2D eigenvalue weighted by atomic mass is 32.2. The van der Waals surface area contributed by atoms with Gasteiger partial charge in [0.05, 0.1) is 0 Å². The molecule has 2 aliphatic heterocycles. The molecule has 0 bridgehead atoms. The van der Waals surface area contributed by atoms with E-state index in [0.29, 0.717) is 25.0 Å². The van der Waals surface area contributed by atoms with Gasteiger partial charge in [0.2, 0.25) is 0 Å². The van der Waals surface area contributed by atoms with Crippen molar-refractivity contribution in [2.24, 2.45) is 16.6 Å². The van der Waals surface area contributed by atoms with Crippen LogP contribution in [0.1, 0.15) is 33.6 Å². The SMILES string of the molecule is CC(C)(C)OC(=O)N1CCCC(CN=C(N)N2CCSCC2)C1. The molecule has 2 saturated heterocycles. The molecule has 0 aromatic rings. The summed E-state index contributed by atoms with van der Waals surface area (Å²) in [7, 11) is 0. The number of likely N-dealkylation sites (tertiary alicyclic amines) is 1. The van der Waals surface area contributed by atoms with E-state index in [1.165, 1.54) is 0 Å². The van der Waals surface area contributed by atoms with E-state index in [9.17, 15) is 4.79 Å². The minimum absolute atomic E-state index is 0.216. The van der Waals surface area contributed by atoms with Gasteiger partial charge in [0.15, 0.2) is 5.96 Å². The summed E-state index contributed by atoms with van der Waals surface area (Å²) in [6.45, 7) is 9.82. The molecule has 0 aromatic heterocycles. The molecule has 2 fully saturated rings. The molecule has 0 aliphatic carbocycles. The number of ether oxygens (including phenoxy) is 1. The second-order valence-electron chi connectivity index (χ2n) is 7.23. The molecule has 2 heterocycles. The van der Waals surface area contributed by atoms with Crippen molar-refractivity contribution in [3.63, 3.8) is 0 Å². The van der Waals surface area contributed by atoms with Crippen molar-refractivity contribution in [2.45, 2.75) is 39.2 Å². The molecule has 1 amide bonds. The summed E-state index contributed by atoms with van der Waals surface area (Å²) in [5.74, 6) is 3.26. The average Bonchev–Trinajstić information content (AvgIpc) is 2.52. The van der Waals surface area contributed by atoms with E-state index in [1.54, 1.807) is 0 Å². The first-order valence-corrected chi connectivity index (χ1v) is 9.61. The maximum absolute atomic E-state index is 12.2. The lowest BCUT2D eigenvalue weighted by atomic mass is 9.98. The zero-order valence-electron chi connectivity index (χ0n) is 14.6. The third-order valence-electron chi connectivity index (χ3n) is 4.02. The maximum atomic E-state index is 12.2. The van der Waals surface area contributed by atoms with Gasteiger partial charge >= 0.3 is 6.09 Å². The molecular formula is C16H30N4O2S. The fourth-order valence-electron chi connectivity index (χ4n) is 2.82. The number of carbonyl (C=O) groups excluding carboxylic acids is 1. The number of amides is 1. The third kappa shape index (κ3) is 6.12. The zero-order valence-corrected chi connectivity index (χ0v) is 15.4. The molecule has 2 rings (SSSR count). The van der Waals surface area contributed by atoms with E-state index in [-0.39, 0.29) is 6.09 Å². The Morgan fingerprint density at radius 1 is 1.26 bits per heavy atom. The molecule has 0 radical (unpaired) electrons. The summed E-state index contributed by atoms with van der Waals surface area (Å²) in [6, 6.07) is 0. The number of nitrogens with two attached hydrogens (primary N) is 1. The van der Waals surface area contributed by atoms with E-state index in [4.69, 9.17) is 10.5 Å². The summed E-state index contributed by atoms with van der Waals surface area (Å²) in [6.07, 6.45) is 1.87. The van der Waals surface area contributed by atoms with Crippen molar-refractivity contribution in [2.75, 3.05) is 44.2 Å². The highest BCUT2D eigenvalue weighted by molar-refractivity contribution is 7.99. The summed E-state index contributed by atoms with van der Waals surface area (Å²) < 4.78 is 5.46. The zero-order chi connectivity index (χ0) is 16.9. The van der Waals surface area contributed by atoms with Crippen LogP contribution in [0.2, 0.25) is 0 Å². The Labute approximate surface area is 143 Å². The molecule has 7 heteroatoms. The standard InChI is InChI=1S/C16H30N4O2S/c1-16(2,3)22-15(21)20-6-4-5-13(12-20)11-18-14(17)19-7-9-23-10-8-19/h13H,4-12H2,1-3H3,(H2,17,18). The lowest BCUT2D eigenvalue weighted by molar-refractivity contribution is 0.0170. The van der Waals surface area contributed by atoms with Crippen LogP contribution >= 0.6 is 11.8 Å². The number of nitrogens with zero attached hydrogens (tertiary/aromatic N) is 3. The summed E-state index contributed by atoms with van der Waals surface area (Å²) in [4.78, 5) is 20.7. The summed E-state index contributed by atoms with van der Waals surface area (Å²) in [5, 5.41) is 0. The Balaban J connectivity index is 1.82. The number of hydrogen-bond acceptors (Lipinski definition) is 4. The monoisotopic (exact) mass is 342 g/mol. The van der Waals surface area contributed by atoms with E-state index in [1.807, 2.05) is 37.4 Å². The van der Waals surface area contributed by atoms with Crippen molar-refractivity contribution in [1.82, 2.24) is 9.80 Å². The third-order valence-corrected chi connectivity index (χ3v) is 4.96. The first-order valence-electron chi connectivity index (χ1n) is 8.46. The molecule has 6 nitrogen and oxygen atoms in total. The molecule has 0 aromatic carbocycles. The normalized spacial score (nSPS) is 23.8. The average molecular weight is 343 g/mol. The Morgan fingerprint density at radius 2 is 1.96 bits per heavy atom. The van der Waals surface area contributed by atoms with Gasteiger partial charge in [-0.3, -0.25) is 4.99 Å². The van der Waals surface area contributed by atoms with Gasteiger partial charge < -0.3 is 20.3 Å². The predicted molar refractivity (Wildman–Crippen MR) is 95.9 cm³/mol. The molecular weight excluding hydrogens is 312 g/mol. The predicted octanol–water partition coefficient (Wildman–Crippen LogP) is 2.00. The quantitative estimate of drug-likeness (QED) is 0.614. The van der Waals surface area contributed by atoms with Gasteiger partial charge in [-0.15, -0.1) is 0 Å². The van der Waals surface area contributed by atoms with Crippen LogP contribution in [-0.2, 0) is 4.74 Å². The number of piperidine rings is 1. The van der Waals surface area contributed by atoms with E-state index in [0.717, 1.165) is 44.0 Å². The summed E-state index contributed by atoms with van der Waals surface area (Å²) in [5.41, 5.74) is 5.66. The summed E-state index contributed by atoms with van der Waals surface area (Å²) >= 11 is 1.96. The van der Waals surface area contributed by atoms with Gasteiger partial charge in [0, 0.05) is 44.2 Å². The van der Waals surface area contributed by atoms with Crippen molar-refractivity contribution in [3.05, 3.63) is 0 Å². The number of carbonyl (C=O) groups is 1. The Bertz CT molecular complexity index is 430. The highest BCUT2D eigenvalue weighted by Crippen LogP contribution is 2.20. The fourth-order valence-corrected chi connectivity index (χ4v) is 3.72. The van der Waals surface area contributed by atoms with Gasteiger partial charge in [0.1, 0.15) is 5.60 Å². The smallest absolute Gasteiger partial charge is 0.410 e. The van der Waals surface area contributed by atoms with Gasteiger partial charge in [-0.2, -0.15) is 11.8 Å². The van der Waals surface area contributed by atoms with Crippen LogP contribution in [0.3, 0.4) is 0 Å². The molecule has 0 spiro atoms. The minimum Gasteiger partial charge on any atom is -0.444 e. The second kappa shape index (κ2) is 8.13. The first-order chi connectivity index (χ1) is 10.8. The van der Waals surface area contributed by atoms with Crippen LogP contribution in [-0.4, -0.2) is 71.7 Å². The lowest BCUT2D eigenvalue weighted by Gasteiger charge is -2.34. The number of hydrogen-bond donors (Lipinski definition) is 1. The number of aliphatic imine (C=N–C) groups is 1. The van der Waals surface area contributed by atoms with Gasteiger partial charge in [0.25, 0.3) is 0 Å². The molecule has 2 aliphatic rings. The van der Waals surface area contributed by atoms with Crippen molar-refractivity contribution < 1.29 is 9.53 Å². The molecule has 0 saturated carbocycles. The molecule has 132 valence electrons. The molecule has 23 heavy (non-hydrogen) atoms. The van der Waals surface area contributed by atoms with Crippen LogP contribution in [0.5, 0.6) is 0 Å². The van der Waals surface area contributed by atoms with Gasteiger partial charge in [-0.05, 0) is 39.5 Å². The van der Waals surface area contributed by atoms with Crippen LogP contribution in [0.15, 0.2) is 4.99 Å². The number of rotatable bonds is 2. The molecule has 2 N–H and O–H groups in total. The van der Waals surface area contributed by atoms with Crippen LogP contribution in [0, 0.1) is 5.92 Å². The van der Waals surface area contributed by atoms with E-state index >= 15 is 0 Å². The van der Waals surface area contributed by atoms with E-state index in [2.05, 4.69) is 9.89 Å². The fraction of sp³-hybridized carbons (Fsp3) is 0.875. The van der Waals surface area contributed by atoms with Crippen LogP contribution in [0.25, 0.3) is 0 Å². The maximum Gasteiger partial charge on any atom is 0.410 e. The highest BCUT2D eigenvalue weighted by Gasteiger charge is 2.27. The van der Waals surface area contributed by atoms with Crippen LogP contribution in [0.4, 0.5) is 4.79 Å². The number of guanidine groups is 1. The van der Waals surface area contributed by atoms with E-state index < -0.39 is 5.60 Å². The molecule has 1 unspecified atom stereocenters. The Kier molecular flexibility index (Phi) is 6.44. The number of thioether (sulfide) groups is 1. The Morgan fingerprint density at radius 3 is 2.61 bits per heavy atom. The Hall–Kier alpha value is -1.11. The second-order valence-corrected chi connectivity index (χ2v) is 8.46. The minimum atomic E-state index is -0.446. The van der Waals surface area contributed by atoms with Crippen LogP contribution < -0.4 is 5.73 Å². The largest absolute Gasteiger partial charge is 0.444 e. The van der Waals surface area contributed by atoms with Crippen molar-refractivity contribution in [1.29, 1.82) is 0 Å². The molecule has 1 atom stereocenters.